The second-order valence-electron chi connectivity index (χ2n) is 7.55. The van der Waals surface area contributed by atoms with E-state index < -0.39 is 16.1 Å². The molecule has 0 aromatic heterocycles. The molecule has 0 aliphatic carbocycles. The highest BCUT2D eigenvalue weighted by Gasteiger charge is 2.35. The molecule has 1 aliphatic rings. The molecule has 1 fully saturated rings. The first-order valence-corrected chi connectivity index (χ1v) is 12.2. The van der Waals surface area contributed by atoms with E-state index in [9.17, 15) is 18.0 Å². The van der Waals surface area contributed by atoms with Gasteiger partial charge in [0.2, 0.25) is 15.9 Å². The van der Waals surface area contributed by atoms with Crippen LogP contribution in [0.3, 0.4) is 0 Å². The van der Waals surface area contributed by atoms with Crippen LogP contribution in [0.15, 0.2) is 42.5 Å². The SMILES string of the molecule is CC#CC(=O)N1CCN(S(C)(=O)=O)[C@H](c2cc(Cl)cc(-c3cccc(NC(C)=O)c3)c2)C1. The van der Waals surface area contributed by atoms with Crippen molar-refractivity contribution < 1.29 is 18.0 Å². The van der Waals surface area contributed by atoms with E-state index in [-0.39, 0.29) is 31.4 Å². The Morgan fingerprint density at radius 1 is 1.12 bits per heavy atom. The van der Waals surface area contributed by atoms with E-state index >= 15 is 0 Å². The molecule has 0 radical (unpaired) electrons. The lowest BCUT2D eigenvalue weighted by molar-refractivity contribution is -0.127. The summed E-state index contributed by atoms with van der Waals surface area (Å²) in [7, 11) is -3.53. The molecule has 1 saturated heterocycles. The molecule has 32 heavy (non-hydrogen) atoms. The molecule has 1 atom stereocenters. The van der Waals surface area contributed by atoms with Crippen LogP contribution < -0.4 is 5.32 Å². The van der Waals surface area contributed by atoms with Crippen LogP contribution in [-0.4, -0.2) is 55.3 Å². The minimum absolute atomic E-state index is 0.167. The van der Waals surface area contributed by atoms with Crippen molar-refractivity contribution in [2.45, 2.75) is 19.9 Å². The zero-order chi connectivity index (χ0) is 23.5. The molecule has 2 aromatic rings. The number of hydrogen-bond acceptors (Lipinski definition) is 4. The van der Waals surface area contributed by atoms with Gasteiger partial charge in [0, 0.05) is 37.3 Å². The van der Waals surface area contributed by atoms with Gasteiger partial charge in [-0.05, 0) is 59.9 Å². The fourth-order valence-corrected chi connectivity index (χ4v) is 5.06. The van der Waals surface area contributed by atoms with Gasteiger partial charge in [0.15, 0.2) is 0 Å². The van der Waals surface area contributed by atoms with Gasteiger partial charge in [-0.3, -0.25) is 9.59 Å². The second-order valence-corrected chi connectivity index (χ2v) is 9.92. The summed E-state index contributed by atoms with van der Waals surface area (Å²) >= 11 is 6.41. The number of sulfonamides is 1. The largest absolute Gasteiger partial charge is 0.329 e. The van der Waals surface area contributed by atoms with Crippen molar-refractivity contribution in [2.75, 3.05) is 31.2 Å². The highest BCUT2D eigenvalue weighted by Crippen LogP contribution is 2.34. The molecule has 2 aromatic carbocycles. The van der Waals surface area contributed by atoms with E-state index in [0.717, 1.165) is 17.4 Å². The number of rotatable bonds is 4. The molecule has 9 heteroatoms. The van der Waals surface area contributed by atoms with E-state index in [0.29, 0.717) is 16.3 Å². The number of benzene rings is 2. The fraction of sp³-hybridized carbons (Fsp3) is 0.304. The molecule has 1 N–H and O–H groups in total. The molecular formula is C23H24ClN3O4S. The van der Waals surface area contributed by atoms with Crippen LogP contribution in [0.2, 0.25) is 5.02 Å². The molecule has 1 aliphatic heterocycles. The quantitative estimate of drug-likeness (QED) is 0.691. The molecule has 3 rings (SSSR count). The number of carbonyl (C=O) groups excluding carboxylic acids is 2. The Bertz CT molecular complexity index is 1220. The van der Waals surface area contributed by atoms with E-state index in [2.05, 4.69) is 17.2 Å². The maximum absolute atomic E-state index is 12.5. The first-order chi connectivity index (χ1) is 15.1. The van der Waals surface area contributed by atoms with Crippen molar-refractivity contribution in [1.29, 1.82) is 0 Å². The Morgan fingerprint density at radius 3 is 2.53 bits per heavy atom. The van der Waals surface area contributed by atoms with Gasteiger partial charge in [-0.1, -0.05) is 29.7 Å². The first kappa shape index (κ1) is 23.8. The molecule has 2 amide bonds. The van der Waals surface area contributed by atoms with E-state index in [1.165, 1.54) is 11.2 Å². The third-order valence-electron chi connectivity index (χ3n) is 5.10. The average Bonchev–Trinajstić information content (AvgIpc) is 2.72. The summed E-state index contributed by atoms with van der Waals surface area (Å²) in [6, 6.07) is 12.0. The van der Waals surface area contributed by atoms with E-state index in [1.807, 2.05) is 24.3 Å². The maximum Gasteiger partial charge on any atom is 0.298 e. The Morgan fingerprint density at radius 2 is 1.88 bits per heavy atom. The zero-order valence-corrected chi connectivity index (χ0v) is 19.6. The topological polar surface area (TPSA) is 86.8 Å². The van der Waals surface area contributed by atoms with E-state index in [1.54, 1.807) is 30.0 Å². The lowest BCUT2D eigenvalue weighted by Crippen LogP contribution is -2.51. The summed E-state index contributed by atoms with van der Waals surface area (Å²) in [5.74, 6) is 4.60. The molecule has 0 bridgehead atoms. The lowest BCUT2D eigenvalue weighted by Gasteiger charge is -2.39. The van der Waals surface area contributed by atoms with Crippen LogP contribution in [0.5, 0.6) is 0 Å². The number of halogens is 1. The zero-order valence-electron chi connectivity index (χ0n) is 18.1. The summed E-state index contributed by atoms with van der Waals surface area (Å²) in [4.78, 5) is 25.3. The van der Waals surface area contributed by atoms with Crippen LogP contribution in [0.4, 0.5) is 5.69 Å². The van der Waals surface area contributed by atoms with Gasteiger partial charge in [-0.2, -0.15) is 4.31 Å². The minimum Gasteiger partial charge on any atom is -0.329 e. The van der Waals surface area contributed by atoms with Gasteiger partial charge in [-0.25, -0.2) is 8.42 Å². The number of carbonyl (C=O) groups is 2. The smallest absolute Gasteiger partial charge is 0.298 e. The normalized spacial score (nSPS) is 16.8. The minimum atomic E-state index is -3.53. The second kappa shape index (κ2) is 9.74. The molecule has 1 heterocycles. The van der Waals surface area contributed by atoms with E-state index in [4.69, 9.17) is 11.6 Å². The standard InChI is InChI=1S/C23H24ClN3O4S/c1-4-6-23(29)26-9-10-27(32(3,30)31)22(15-26)19-11-18(12-20(24)13-19)17-7-5-8-21(14-17)25-16(2)28/h5,7-8,11-14,22H,9-10,15H2,1-3H3,(H,25,28)/t22-/m0/s1. The van der Waals surface area contributed by atoms with Gasteiger partial charge in [0.05, 0.1) is 12.3 Å². The molecule has 0 spiro atoms. The molecule has 7 nitrogen and oxygen atoms in total. The number of anilines is 1. The van der Waals surface area contributed by atoms with Crippen molar-refractivity contribution in [3.05, 3.63) is 53.1 Å². The van der Waals surface area contributed by atoms with Crippen molar-refractivity contribution in [3.8, 4) is 23.0 Å². The Kier molecular flexibility index (Phi) is 7.24. The molecule has 0 saturated carbocycles. The van der Waals surface area contributed by atoms with Gasteiger partial charge in [-0.15, -0.1) is 0 Å². The Hall–Kier alpha value is -2.86. The highest BCUT2D eigenvalue weighted by molar-refractivity contribution is 7.88. The summed E-state index contributed by atoms with van der Waals surface area (Å²) in [5, 5.41) is 3.19. The van der Waals surface area contributed by atoms with Crippen molar-refractivity contribution >= 4 is 39.1 Å². The predicted octanol–water partition coefficient (Wildman–Crippen LogP) is 3.13. The van der Waals surface area contributed by atoms with Gasteiger partial charge in [0.25, 0.3) is 5.91 Å². The summed E-state index contributed by atoms with van der Waals surface area (Å²) in [5.41, 5.74) is 2.89. The number of piperazine rings is 1. The van der Waals surface area contributed by atoms with Crippen LogP contribution in [0.25, 0.3) is 11.1 Å². The highest BCUT2D eigenvalue weighted by atomic mass is 35.5. The number of hydrogen-bond donors (Lipinski definition) is 1. The van der Waals surface area contributed by atoms with Crippen molar-refractivity contribution in [1.82, 2.24) is 9.21 Å². The van der Waals surface area contributed by atoms with Crippen LogP contribution >= 0.6 is 11.6 Å². The number of nitrogens with one attached hydrogen (secondary N) is 1. The Labute approximate surface area is 193 Å². The maximum atomic E-state index is 12.5. The number of amides is 2. The number of nitrogens with zero attached hydrogens (tertiary/aromatic N) is 2. The molecular weight excluding hydrogens is 450 g/mol. The summed E-state index contributed by atoms with van der Waals surface area (Å²) in [6.45, 7) is 3.62. The molecule has 168 valence electrons. The predicted molar refractivity (Wildman–Crippen MR) is 126 cm³/mol. The third kappa shape index (κ3) is 5.68. The van der Waals surface area contributed by atoms with Gasteiger partial charge in [0.1, 0.15) is 0 Å². The fourth-order valence-electron chi connectivity index (χ4n) is 3.76. The molecule has 0 unspecified atom stereocenters. The Balaban J connectivity index is 2.04. The monoisotopic (exact) mass is 473 g/mol. The van der Waals surface area contributed by atoms with Crippen molar-refractivity contribution in [3.63, 3.8) is 0 Å². The van der Waals surface area contributed by atoms with Crippen LogP contribution in [0.1, 0.15) is 25.5 Å². The third-order valence-corrected chi connectivity index (χ3v) is 6.60. The average molecular weight is 474 g/mol. The van der Waals surface area contributed by atoms with Crippen molar-refractivity contribution in [2.24, 2.45) is 0 Å². The lowest BCUT2D eigenvalue weighted by atomic mass is 9.97. The summed E-state index contributed by atoms with van der Waals surface area (Å²) in [6.07, 6.45) is 1.16. The van der Waals surface area contributed by atoms with Crippen LogP contribution in [0, 0.1) is 11.8 Å². The summed E-state index contributed by atoms with van der Waals surface area (Å²) < 4.78 is 26.3. The first-order valence-electron chi connectivity index (χ1n) is 9.95. The van der Waals surface area contributed by atoms with Crippen LogP contribution in [-0.2, 0) is 19.6 Å². The van der Waals surface area contributed by atoms with Gasteiger partial charge < -0.3 is 10.2 Å². The van der Waals surface area contributed by atoms with Gasteiger partial charge >= 0.3 is 0 Å².